The number of amides is 1. The molecule has 3 heterocycles. The van der Waals surface area contributed by atoms with Crippen molar-refractivity contribution in [1.29, 1.82) is 0 Å². The molecular formula is C17H25N3O3. The molecule has 1 aromatic rings. The Bertz CT molecular complexity index is 516. The molecule has 1 spiro atoms. The summed E-state index contributed by atoms with van der Waals surface area (Å²) in [5.41, 5.74) is 1.07. The predicted octanol–water partition coefficient (Wildman–Crippen LogP) is 2.55. The van der Waals surface area contributed by atoms with Crippen molar-refractivity contribution in [1.82, 2.24) is 4.98 Å². The number of rotatable bonds is 5. The summed E-state index contributed by atoms with van der Waals surface area (Å²) in [4.78, 5) is 18.4. The van der Waals surface area contributed by atoms with Crippen LogP contribution in [-0.2, 0) is 14.3 Å². The van der Waals surface area contributed by atoms with Crippen LogP contribution < -0.4 is 10.2 Å². The number of hydrogen-bond donors (Lipinski definition) is 1. The maximum atomic E-state index is 11.7. The standard InChI is InChI=1S/C17H25N3O3/c1-2-3-4-16(21)19-15-6-5-14(13-18-15)20-9-7-17(8-10-20)22-11-12-23-17/h5-6,13H,2-4,7-12H2,1H3,(H,18,19,21). The van der Waals surface area contributed by atoms with Crippen molar-refractivity contribution < 1.29 is 14.3 Å². The van der Waals surface area contributed by atoms with Crippen LogP contribution in [-0.4, -0.2) is 43.0 Å². The highest BCUT2D eigenvalue weighted by molar-refractivity contribution is 5.89. The Morgan fingerprint density at radius 2 is 2.04 bits per heavy atom. The van der Waals surface area contributed by atoms with Crippen molar-refractivity contribution in [3.05, 3.63) is 18.3 Å². The van der Waals surface area contributed by atoms with Gasteiger partial charge in [-0.15, -0.1) is 0 Å². The third kappa shape index (κ3) is 4.00. The number of pyridine rings is 1. The van der Waals surface area contributed by atoms with Gasteiger partial charge in [-0.3, -0.25) is 4.79 Å². The normalized spacial score (nSPS) is 20.0. The Morgan fingerprint density at radius 3 is 2.65 bits per heavy atom. The van der Waals surface area contributed by atoms with Gasteiger partial charge in [-0.1, -0.05) is 13.3 Å². The third-order valence-corrected chi connectivity index (χ3v) is 4.48. The first-order valence-corrected chi connectivity index (χ1v) is 8.49. The zero-order valence-electron chi connectivity index (χ0n) is 13.7. The fraction of sp³-hybridized carbons (Fsp3) is 0.647. The van der Waals surface area contributed by atoms with E-state index in [1.165, 1.54) is 0 Å². The molecule has 0 bridgehead atoms. The molecule has 23 heavy (non-hydrogen) atoms. The van der Waals surface area contributed by atoms with Gasteiger partial charge < -0.3 is 19.7 Å². The number of nitrogens with one attached hydrogen (secondary N) is 1. The van der Waals surface area contributed by atoms with E-state index in [0.717, 1.165) is 44.5 Å². The lowest BCUT2D eigenvalue weighted by atomic mass is 10.0. The fourth-order valence-electron chi connectivity index (χ4n) is 3.08. The summed E-state index contributed by atoms with van der Waals surface area (Å²) in [5.74, 6) is 0.297. The maximum Gasteiger partial charge on any atom is 0.225 e. The van der Waals surface area contributed by atoms with Crippen LogP contribution in [0.4, 0.5) is 11.5 Å². The molecule has 0 unspecified atom stereocenters. The van der Waals surface area contributed by atoms with Gasteiger partial charge in [0, 0.05) is 32.4 Å². The molecule has 1 amide bonds. The first-order valence-electron chi connectivity index (χ1n) is 8.49. The second kappa shape index (κ2) is 7.27. The number of piperidine rings is 1. The van der Waals surface area contributed by atoms with E-state index in [-0.39, 0.29) is 11.7 Å². The van der Waals surface area contributed by atoms with E-state index in [9.17, 15) is 4.79 Å². The van der Waals surface area contributed by atoms with Gasteiger partial charge in [-0.2, -0.15) is 0 Å². The molecule has 6 heteroatoms. The largest absolute Gasteiger partial charge is 0.370 e. The third-order valence-electron chi connectivity index (χ3n) is 4.48. The van der Waals surface area contributed by atoms with Crippen LogP contribution in [0.1, 0.15) is 39.0 Å². The van der Waals surface area contributed by atoms with Crippen molar-refractivity contribution in [3.63, 3.8) is 0 Å². The number of anilines is 2. The first kappa shape index (κ1) is 16.2. The minimum atomic E-state index is -0.350. The van der Waals surface area contributed by atoms with Gasteiger partial charge in [0.25, 0.3) is 0 Å². The summed E-state index contributed by atoms with van der Waals surface area (Å²) >= 11 is 0. The Balaban J connectivity index is 1.52. The molecule has 0 aromatic carbocycles. The van der Waals surface area contributed by atoms with E-state index < -0.39 is 0 Å². The number of nitrogens with zero attached hydrogens (tertiary/aromatic N) is 2. The van der Waals surface area contributed by atoms with Crippen molar-refractivity contribution in [2.45, 2.75) is 44.8 Å². The van der Waals surface area contributed by atoms with Gasteiger partial charge in [0.2, 0.25) is 5.91 Å². The summed E-state index contributed by atoms with van der Waals surface area (Å²) in [5, 5.41) is 2.84. The van der Waals surface area contributed by atoms with E-state index in [4.69, 9.17) is 9.47 Å². The van der Waals surface area contributed by atoms with E-state index >= 15 is 0 Å². The number of carbonyl (C=O) groups excluding carboxylic acids is 1. The second-order valence-corrected chi connectivity index (χ2v) is 6.15. The van der Waals surface area contributed by atoms with Crippen molar-refractivity contribution in [3.8, 4) is 0 Å². The van der Waals surface area contributed by atoms with Gasteiger partial charge >= 0.3 is 0 Å². The van der Waals surface area contributed by atoms with Crippen LogP contribution in [0.2, 0.25) is 0 Å². The zero-order chi connectivity index (χ0) is 16.1. The van der Waals surface area contributed by atoms with Gasteiger partial charge in [0.05, 0.1) is 25.1 Å². The Kier molecular flexibility index (Phi) is 5.13. The van der Waals surface area contributed by atoms with Crippen LogP contribution in [0.15, 0.2) is 18.3 Å². The topological polar surface area (TPSA) is 63.7 Å². The molecule has 6 nitrogen and oxygen atoms in total. The minimum Gasteiger partial charge on any atom is -0.370 e. The van der Waals surface area contributed by atoms with Gasteiger partial charge in [-0.05, 0) is 18.6 Å². The quantitative estimate of drug-likeness (QED) is 0.903. The van der Waals surface area contributed by atoms with Crippen LogP contribution >= 0.6 is 0 Å². The molecule has 0 radical (unpaired) electrons. The number of carbonyl (C=O) groups is 1. The van der Waals surface area contributed by atoms with Crippen LogP contribution in [0.3, 0.4) is 0 Å². The van der Waals surface area contributed by atoms with Crippen LogP contribution in [0, 0.1) is 0 Å². The van der Waals surface area contributed by atoms with Crippen molar-refractivity contribution >= 4 is 17.4 Å². The SMILES string of the molecule is CCCCC(=O)Nc1ccc(N2CCC3(CC2)OCCO3)cn1. The number of aromatic nitrogens is 1. The average molecular weight is 319 g/mol. The van der Waals surface area contributed by atoms with Crippen LogP contribution in [0.5, 0.6) is 0 Å². The average Bonchev–Trinajstić information content (AvgIpc) is 3.03. The number of unbranched alkanes of at least 4 members (excludes halogenated alkanes) is 1. The van der Waals surface area contributed by atoms with E-state index in [0.29, 0.717) is 25.5 Å². The zero-order valence-corrected chi connectivity index (χ0v) is 13.7. The predicted molar refractivity (Wildman–Crippen MR) is 88.5 cm³/mol. The molecule has 2 aliphatic heterocycles. The number of ether oxygens (including phenoxy) is 2. The summed E-state index contributed by atoms with van der Waals surface area (Å²) in [6.07, 6.45) is 6.05. The highest BCUT2D eigenvalue weighted by atomic mass is 16.7. The Hall–Kier alpha value is -1.66. The Labute approximate surface area is 137 Å². The summed E-state index contributed by atoms with van der Waals surface area (Å²) in [6, 6.07) is 3.88. The molecule has 2 aliphatic rings. The molecule has 3 rings (SSSR count). The van der Waals surface area contributed by atoms with Gasteiger partial charge in [0.15, 0.2) is 5.79 Å². The number of hydrogen-bond acceptors (Lipinski definition) is 5. The molecule has 1 aromatic heterocycles. The molecule has 1 N–H and O–H groups in total. The lowest BCUT2D eigenvalue weighted by Crippen LogP contribution is -2.45. The Morgan fingerprint density at radius 1 is 1.30 bits per heavy atom. The highest BCUT2D eigenvalue weighted by Gasteiger charge is 2.39. The molecule has 126 valence electrons. The van der Waals surface area contributed by atoms with E-state index in [1.807, 2.05) is 18.3 Å². The van der Waals surface area contributed by atoms with Crippen LogP contribution in [0.25, 0.3) is 0 Å². The summed E-state index contributed by atoms with van der Waals surface area (Å²) in [7, 11) is 0. The molecule has 0 saturated carbocycles. The lowest BCUT2D eigenvalue weighted by molar-refractivity contribution is -0.169. The van der Waals surface area contributed by atoms with Crippen molar-refractivity contribution in [2.24, 2.45) is 0 Å². The first-order chi connectivity index (χ1) is 11.2. The van der Waals surface area contributed by atoms with Gasteiger partial charge in [-0.25, -0.2) is 4.98 Å². The summed E-state index contributed by atoms with van der Waals surface area (Å²) < 4.78 is 11.5. The fourth-order valence-corrected chi connectivity index (χ4v) is 3.08. The van der Waals surface area contributed by atoms with E-state index in [2.05, 4.69) is 22.1 Å². The highest BCUT2D eigenvalue weighted by Crippen LogP contribution is 2.33. The van der Waals surface area contributed by atoms with E-state index in [1.54, 1.807) is 0 Å². The smallest absolute Gasteiger partial charge is 0.225 e. The monoisotopic (exact) mass is 319 g/mol. The molecule has 2 fully saturated rings. The second-order valence-electron chi connectivity index (χ2n) is 6.15. The molecule has 2 saturated heterocycles. The molecule has 0 aliphatic carbocycles. The minimum absolute atomic E-state index is 0.0301. The maximum absolute atomic E-state index is 11.7. The molecular weight excluding hydrogens is 294 g/mol. The van der Waals surface area contributed by atoms with Crippen molar-refractivity contribution in [2.75, 3.05) is 36.5 Å². The summed E-state index contributed by atoms with van der Waals surface area (Å²) in [6.45, 7) is 5.26. The lowest BCUT2D eigenvalue weighted by Gasteiger charge is -2.38. The molecule has 0 atom stereocenters. The van der Waals surface area contributed by atoms with Gasteiger partial charge in [0.1, 0.15) is 5.82 Å².